The van der Waals surface area contributed by atoms with Gasteiger partial charge in [-0.25, -0.2) is 0 Å². The third kappa shape index (κ3) is 1.20. The molecule has 1 aromatic carbocycles. The fourth-order valence-corrected chi connectivity index (χ4v) is 4.02. The van der Waals surface area contributed by atoms with E-state index >= 15 is 0 Å². The molecule has 3 saturated carbocycles. The molecular formula is C14H13ClN2O2. The summed E-state index contributed by atoms with van der Waals surface area (Å²) < 4.78 is 6.88. The summed E-state index contributed by atoms with van der Waals surface area (Å²) in [6, 6.07) is 7.94. The van der Waals surface area contributed by atoms with Gasteiger partial charge in [0.15, 0.2) is 5.15 Å². The van der Waals surface area contributed by atoms with Gasteiger partial charge >= 0.3 is 5.97 Å². The number of rotatable bonds is 2. The molecule has 1 heterocycles. The normalized spacial score (nSPS) is 31.7. The molecule has 0 radical (unpaired) electrons. The number of benzene rings is 1. The minimum Gasteiger partial charge on any atom is -0.469 e. The van der Waals surface area contributed by atoms with Gasteiger partial charge in [-0.3, -0.25) is 9.48 Å². The number of ether oxygens (including phenoxy) is 1. The molecule has 0 aliphatic heterocycles. The van der Waals surface area contributed by atoms with Crippen LogP contribution in [0.1, 0.15) is 19.3 Å². The second-order valence-corrected chi connectivity index (χ2v) is 6.10. The van der Waals surface area contributed by atoms with Gasteiger partial charge in [0.25, 0.3) is 0 Å². The molecule has 98 valence electrons. The van der Waals surface area contributed by atoms with Gasteiger partial charge in [-0.15, -0.1) is 0 Å². The first-order valence-corrected chi connectivity index (χ1v) is 6.70. The van der Waals surface area contributed by atoms with Crippen molar-refractivity contribution in [3.63, 3.8) is 0 Å². The number of nitrogens with zero attached hydrogens (tertiary/aromatic N) is 2. The molecule has 3 aliphatic carbocycles. The first-order chi connectivity index (χ1) is 9.10. The van der Waals surface area contributed by atoms with Gasteiger partial charge in [-0.2, -0.15) is 5.10 Å². The lowest BCUT2D eigenvalue weighted by Crippen LogP contribution is -2.71. The molecule has 0 saturated heterocycles. The standard InChI is InChI=1S/C14H13ClN2O2/c1-19-12(18)13-6-14(7-13,8-13)17-10-5-3-2-4-9(10)11(15)16-17/h2-5H,6-8H2,1H3. The zero-order chi connectivity index (χ0) is 13.3. The Morgan fingerprint density at radius 3 is 2.74 bits per heavy atom. The van der Waals surface area contributed by atoms with Crippen LogP contribution in [0.5, 0.6) is 0 Å². The third-order valence-electron chi connectivity index (χ3n) is 4.61. The van der Waals surface area contributed by atoms with E-state index in [1.807, 2.05) is 28.9 Å². The average Bonchev–Trinajstić information content (AvgIpc) is 2.65. The van der Waals surface area contributed by atoms with E-state index in [0.717, 1.165) is 30.2 Å². The van der Waals surface area contributed by atoms with Gasteiger partial charge in [0, 0.05) is 5.39 Å². The van der Waals surface area contributed by atoms with Crippen LogP contribution in [0.3, 0.4) is 0 Å². The number of halogens is 1. The molecule has 0 atom stereocenters. The maximum absolute atomic E-state index is 11.7. The van der Waals surface area contributed by atoms with Crippen molar-refractivity contribution in [1.82, 2.24) is 9.78 Å². The number of fused-ring (bicyclic) bond motifs is 1. The van der Waals surface area contributed by atoms with E-state index in [9.17, 15) is 4.79 Å². The van der Waals surface area contributed by atoms with Gasteiger partial charge in [0.2, 0.25) is 0 Å². The monoisotopic (exact) mass is 276 g/mol. The molecule has 5 heteroatoms. The van der Waals surface area contributed by atoms with E-state index in [1.54, 1.807) is 0 Å². The Morgan fingerprint density at radius 1 is 1.37 bits per heavy atom. The molecule has 5 rings (SSSR count). The highest BCUT2D eigenvalue weighted by atomic mass is 35.5. The molecule has 0 N–H and O–H groups in total. The Balaban J connectivity index is 1.74. The summed E-state index contributed by atoms with van der Waals surface area (Å²) in [6.45, 7) is 0. The average molecular weight is 277 g/mol. The quantitative estimate of drug-likeness (QED) is 0.792. The molecule has 2 bridgehead atoms. The van der Waals surface area contributed by atoms with Gasteiger partial charge in [-0.05, 0) is 31.4 Å². The van der Waals surface area contributed by atoms with E-state index < -0.39 is 0 Å². The van der Waals surface area contributed by atoms with Gasteiger partial charge in [0.05, 0.1) is 23.6 Å². The highest BCUT2D eigenvalue weighted by Crippen LogP contribution is 2.72. The molecule has 0 unspecified atom stereocenters. The zero-order valence-corrected chi connectivity index (χ0v) is 11.3. The van der Waals surface area contributed by atoms with Crippen LogP contribution in [-0.2, 0) is 15.1 Å². The van der Waals surface area contributed by atoms with Gasteiger partial charge < -0.3 is 4.74 Å². The van der Waals surface area contributed by atoms with Crippen LogP contribution in [0, 0.1) is 5.41 Å². The van der Waals surface area contributed by atoms with Crippen LogP contribution >= 0.6 is 11.6 Å². The number of esters is 1. The summed E-state index contributed by atoms with van der Waals surface area (Å²) in [5.41, 5.74) is 0.764. The second kappa shape index (κ2) is 3.31. The largest absolute Gasteiger partial charge is 0.469 e. The molecule has 2 aromatic rings. The Kier molecular flexibility index (Phi) is 1.97. The van der Waals surface area contributed by atoms with E-state index in [0.29, 0.717) is 5.15 Å². The Labute approximate surface area is 115 Å². The van der Waals surface area contributed by atoms with Crippen molar-refractivity contribution in [3.8, 4) is 0 Å². The number of para-hydroxylation sites is 1. The molecular weight excluding hydrogens is 264 g/mol. The summed E-state index contributed by atoms with van der Waals surface area (Å²) >= 11 is 6.18. The van der Waals surface area contributed by atoms with E-state index in [1.165, 1.54) is 7.11 Å². The van der Waals surface area contributed by atoms with Crippen molar-refractivity contribution in [2.45, 2.75) is 24.8 Å². The smallest absolute Gasteiger partial charge is 0.312 e. The van der Waals surface area contributed by atoms with Crippen LogP contribution in [0.15, 0.2) is 24.3 Å². The van der Waals surface area contributed by atoms with Crippen molar-refractivity contribution in [2.75, 3.05) is 7.11 Å². The highest BCUT2D eigenvalue weighted by molar-refractivity contribution is 6.34. The summed E-state index contributed by atoms with van der Waals surface area (Å²) in [6.07, 6.45) is 2.44. The van der Waals surface area contributed by atoms with Gasteiger partial charge in [-0.1, -0.05) is 23.7 Å². The van der Waals surface area contributed by atoms with Crippen molar-refractivity contribution in [3.05, 3.63) is 29.4 Å². The molecule has 0 amide bonds. The summed E-state index contributed by atoms with van der Waals surface area (Å²) in [5, 5.41) is 5.98. The lowest BCUT2D eigenvalue weighted by atomic mass is 9.39. The lowest BCUT2D eigenvalue weighted by molar-refractivity contribution is -0.218. The Bertz CT molecular complexity index is 687. The number of carbonyl (C=O) groups is 1. The molecule has 3 aliphatic rings. The molecule has 19 heavy (non-hydrogen) atoms. The molecule has 4 nitrogen and oxygen atoms in total. The zero-order valence-electron chi connectivity index (χ0n) is 10.5. The highest BCUT2D eigenvalue weighted by Gasteiger charge is 2.74. The van der Waals surface area contributed by atoms with Crippen molar-refractivity contribution >= 4 is 28.5 Å². The maximum Gasteiger partial charge on any atom is 0.312 e. The minimum atomic E-state index is -0.256. The number of methoxy groups -OCH3 is 1. The maximum atomic E-state index is 11.7. The molecule has 3 fully saturated rings. The summed E-state index contributed by atoms with van der Waals surface area (Å²) in [7, 11) is 1.45. The predicted molar refractivity (Wildman–Crippen MR) is 71.0 cm³/mol. The molecule has 1 aromatic heterocycles. The minimum absolute atomic E-state index is 0.0269. The Hall–Kier alpha value is -1.55. The lowest BCUT2D eigenvalue weighted by Gasteiger charge is -2.67. The van der Waals surface area contributed by atoms with Crippen LogP contribution in [0.2, 0.25) is 5.15 Å². The predicted octanol–water partition coefficient (Wildman–Crippen LogP) is 2.74. The van der Waals surface area contributed by atoms with Crippen molar-refractivity contribution in [2.24, 2.45) is 5.41 Å². The summed E-state index contributed by atoms with van der Waals surface area (Å²) in [5.74, 6) is -0.0862. The van der Waals surface area contributed by atoms with Gasteiger partial charge in [0.1, 0.15) is 0 Å². The van der Waals surface area contributed by atoms with E-state index in [4.69, 9.17) is 16.3 Å². The first-order valence-electron chi connectivity index (χ1n) is 6.32. The van der Waals surface area contributed by atoms with E-state index in [-0.39, 0.29) is 16.9 Å². The number of aromatic nitrogens is 2. The number of hydrogen-bond acceptors (Lipinski definition) is 3. The second-order valence-electron chi connectivity index (χ2n) is 5.75. The third-order valence-corrected chi connectivity index (χ3v) is 4.89. The van der Waals surface area contributed by atoms with Crippen molar-refractivity contribution < 1.29 is 9.53 Å². The SMILES string of the molecule is COC(=O)C12CC(n3nc(Cl)c4ccccc43)(C1)C2. The summed E-state index contributed by atoms with van der Waals surface area (Å²) in [4.78, 5) is 11.7. The number of carbonyl (C=O) groups excluding carboxylic acids is 1. The van der Waals surface area contributed by atoms with Crippen LogP contribution in [0.4, 0.5) is 0 Å². The number of hydrogen-bond donors (Lipinski definition) is 0. The Morgan fingerprint density at radius 2 is 2.05 bits per heavy atom. The topological polar surface area (TPSA) is 44.1 Å². The van der Waals surface area contributed by atoms with Crippen LogP contribution < -0.4 is 0 Å². The fourth-order valence-electron chi connectivity index (χ4n) is 3.78. The van der Waals surface area contributed by atoms with Crippen molar-refractivity contribution in [1.29, 1.82) is 0 Å². The van der Waals surface area contributed by atoms with Crippen LogP contribution in [-0.4, -0.2) is 22.9 Å². The fraction of sp³-hybridized carbons (Fsp3) is 0.429. The van der Waals surface area contributed by atoms with Crippen LogP contribution in [0.25, 0.3) is 10.9 Å². The van der Waals surface area contributed by atoms with E-state index in [2.05, 4.69) is 5.10 Å². The molecule has 0 spiro atoms. The first kappa shape index (κ1) is 11.3.